The van der Waals surface area contributed by atoms with Crippen LogP contribution in [0.1, 0.15) is 32.3 Å². The minimum absolute atomic E-state index is 0.212. The average molecular weight is 418 g/mol. The molecule has 1 amide bonds. The molecule has 0 aromatic heterocycles. The molecule has 3 rings (SSSR count). The molecule has 0 radical (unpaired) electrons. The van der Waals surface area contributed by atoms with Gasteiger partial charge in [0.1, 0.15) is 0 Å². The average Bonchev–Trinajstić information content (AvgIpc) is 2.79. The quantitative estimate of drug-likeness (QED) is 0.546. The number of amides is 1. The smallest absolute Gasteiger partial charge is 0.409 e. The van der Waals surface area contributed by atoms with Crippen molar-refractivity contribution in [3.05, 3.63) is 29.8 Å². The zero-order valence-corrected chi connectivity index (χ0v) is 18.2. The van der Waals surface area contributed by atoms with Gasteiger partial charge in [-0.2, -0.15) is 0 Å². The summed E-state index contributed by atoms with van der Waals surface area (Å²) in [7, 11) is 0. The Hall–Kier alpha value is -2.48. The van der Waals surface area contributed by atoms with Gasteiger partial charge in [0.25, 0.3) is 0 Å². The Morgan fingerprint density at radius 1 is 1.17 bits per heavy atom. The van der Waals surface area contributed by atoms with Crippen molar-refractivity contribution in [1.29, 1.82) is 0 Å². The molecule has 8 heteroatoms. The van der Waals surface area contributed by atoms with Crippen LogP contribution in [0.2, 0.25) is 0 Å². The molecule has 30 heavy (non-hydrogen) atoms. The van der Waals surface area contributed by atoms with Crippen LogP contribution in [0.4, 0.5) is 10.5 Å². The number of guanidine groups is 1. The molecule has 2 saturated heterocycles. The van der Waals surface area contributed by atoms with Crippen molar-refractivity contribution in [3.8, 4) is 0 Å². The van der Waals surface area contributed by atoms with Gasteiger partial charge in [-0.3, -0.25) is 0 Å². The number of para-hydroxylation sites is 1. The number of carbonyl (C=O) groups excluding carboxylic acids is 1. The number of ether oxygens (including phenoxy) is 2. The fourth-order valence-electron chi connectivity index (χ4n) is 3.86. The number of aliphatic imine (C=N–C) groups is 1. The van der Waals surface area contributed by atoms with Gasteiger partial charge in [-0.1, -0.05) is 18.2 Å². The summed E-state index contributed by atoms with van der Waals surface area (Å²) in [6.07, 6.45) is 1.55. The third kappa shape index (κ3) is 6.26. The molecule has 2 heterocycles. The highest BCUT2D eigenvalue weighted by Gasteiger charge is 2.24. The largest absolute Gasteiger partial charge is 0.450 e. The molecule has 0 saturated carbocycles. The van der Waals surface area contributed by atoms with Crippen molar-refractivity contribution in [2.45, 2.75) is 39.3 Å². The normalized spacial score (nSPS) is 18.3. The van der Waals surface area contributed by atoms with Crippen LogP contribution in [0.5, 0.6) is 0 Å². The zero-order valence-electron chi connectivity index (χ0n) is 18.2. The molecular formula is C22H35N5O3. The summed E-state index contributed by atoms with van der Waals surface area (Å²) in [5.41, 5.74) is 2.46. The van der Waals surface area contributed by atoms with Crippen molar-refractivity contribution in [3.63, 3.8) is 0 Å². The molecular weight excluding hydrogens is 382 g/mol. The second kappa shape index (κ2) is 11.6. The van der Waals surface area contributed by atoms with Gasteiger partial charge in [0.05, 0.1) is 26.4 Å². The maximum atomic E-state index is 11.9. The summed E-state index contributed by atoms with van der Waals surface area (Å²) >= 11 is 0. The molecule has 2 aliphatic heterocycles. The SMILES string of the molecule is CCNC(=NCc1ccccc1N1CCOCC1)NC1CCN(C(=O)OCC)CC1. The molecule has 0 aliphatic carbocycles. The number of likely N-dealkylation sites (tertiary alicyclic amines) is 1. The van der Waals surface area contributed by atoms with Gasteiger partial charge in [-0.05, 0) is 38.3 Å². The second-order valence-electron chi connectivity index (χ2n) is 7.53. The van der Waals surface area contributed by atoms with E-state index in [-0.39, 0.29) is 6.09 Å². The monoisotopic (exact) mass is 417 g/mol. The van der Waals surface area contributed by atoms with Crippen molar-refractivity contribution in [2.75, 3.05) is 57.4 Å². The summed E-state index contributed by atoms with van der Waals surface area (Å²) in [5, 5.41) is 6.90. The predicted molar refractivity (Wildman–Crippen MR) is 119 cm³/mol. The van der Waals surface area contributed by atoms with Crippen LogP contribution in [0.15, 0.2) is 29.3 Å². The number of piperidine rings is 1. The molecule has 0 spiro atoms. The minimum atomic E-state index is -0.212. The molecule has 2 fully saturated rings. The van der Waals surface area contributed by atoms with Crippen molar-refractivity contribution in [1.82, 2.24) is 15.5 Å². The zero-order chi connectivity index (χ0) is 21.2. The van der Waals surface area contributed by atoms with Crippen LogP contribution in [-0.2, 0) is 16.0 Å². The number of nitrogens with one attached hydrogen (secondary N) is 2. The van der Waals surface area contributed by atoms with E-state index in [2.05, 4.69) is 46.7 Å². The first-order chi connectivity index (χ1) is 14.7. The van der Waals surface area contributed by atoms with Gasteiger partial charge < -0.3 is 29.9 Å². The molecule has 2 N–H and O–H groups in total. The van der Waals surface area contributed by atoms with Crippen molar-refractivity contribution in [2.24, 2.45) is 4.99 Å². The minimum Gasteiger partial charge on any atom is -0.450 e. The number of hydrogen-bond acceptors (Lipinski definition) is 5. The second-order valence-corrected chi connectivity index (χ2v) is 7.53. The van der Waals surface area contributed by atoms with E-state index in [0.29, 0.717) is 32.3 Å². The van der Waals surface area contributed by atoms with Gasteiger partial charge in [0.2, 0.25) is 0 Å². The van der Waals surface area contributed by atoms with Crippen molar-refractivity contribution < 1.29 is 14.3 Å². The van der Waals surface area contributed by atoms with Gasteiger partial charge in [0, 0.05) is 44.5 Å². The lowest BCUT2D eigenvalue weighted by molar-refractivity contribution is 0.0963. The Kier molecular flexibility index (Phi) is 8.62. The van der Waals surface area contributed by atoms with Crippen LogP contribution in [-0.4, -0.2) is 75.5 Å². The summed E-state index contributed by atoms with van der Waals surface area (Å²) in [5.74, 6) is 0.823. The van der Waals surface area contributed by atoms with E-state index in [0.717, 1.165) is 51.6 Å². The van der Waals surface area contributed by atoms with Gasteiger partial charge in [-0.15, -0.1) is 0 Å². The third-order valence-corrected chi connectivity index (χ3v) is 5.46. The highest BCUT2D eigenvalue weighted by molar-refractivity contribution is 5.80. The number of benzene rings is 1. The maximum absolute atomic E-state index is 11.9. The number of morpholine rings is 1. The molecule has 0 atom stereocenters. The van der Waals surface area contributed by atoms with Crippen LogP contribution < -0.4 is 15.5 Å². The van der Waals surface area contributed by atoms with Gasteiger partial charge in [0.15, 0.2) is 5.96 Å². The number of carbonyl (C=O) groups is 1. The lowest BCUT2D eigenvalue weighted by Crippen LogP contribution is -2.49. The van der Waals surface area contributed by atoms with E-state index in [9.17, 15) is 4.79 Å². The van der Waals surface area contributed by atoms with E-state index in [1.165, 1.54) is 11.3 Å². The molecule has 166 valence electrons. The molecule has 1 aromatic rings. The van der Waals surface area contributed by atoms with E-state index in [4.69, 9.17) is 14.5 Å². The van der Waals surface area contributed by atoms with Crippen LogP contribution in [0, 0.1) is 0 Å². The first-order valence-corrected chi connectivity index (χ1v) is 11.1. The summed E-state index contributed by atoms with van der Waals surface area (Å²) in [6, 6.07) is 8.76. The Morgan fingerprint density at radius 3 is 2.60 bits per heavy atom. The number of rotatable bonds is 6. The fourth-order valence-corrected chi connectivity index (χ4v) is 3.86. The van der Waals surface area contributed by atoms with E-state index in [1.54, 1.807) is 4.90 Å². The Bertz CT molecular complexity index is 698. The van der Waals surface area contributed by atoms with E-state index >= 15 is 0 Å². The topological polar surface area (TPSA) is 78.4 Å². The lowest BCUT2D eigenvalue weighted by Gasteiger charge is -2.32. The van der Waals surface area contributed by atoms with E-state index in [1.807, 2.05) is 6.92 Å². The number of hydrogen-bond donors (Lipinski definition) is 2. The molecule has 1 aromatic carbocycles. The standard InChI is InChI=1S/C22H35N5O3/c1-3-23-21(25-19-9-11-27(12-10-19)22(28)30-4-2)24-17-18-7-5-6-8-20(18)26-13-15-29-16-14-26/h5-8,19H,3-4,9-17H2,1-2H3,(H2,23,24,25). The molecule has 0 unspecified atom stereocenters. The summed E-state index contributed by atoms with van der Waals surface area (Å²) < 4.78 is 10.6. The van der Waals surface area contributed by atoms with Gasteiger partial charge >= 0.3 is 6.09 Å². The summed E-state index contributed by atoms with van der Waals surface area (Å²) in [6.45, 7) is 10.5. The Balaban J connectivity index is 1.58. The Labute approximate surface area is 179 Å². The highest BCUT2D eigenvalue weighted by atomic mass is 16.6. The third-order valence-electron chi connectivity index (χ3n) is 5.46. The van der Waals surface area contributed by atoms with E-state index < -0.39 is 0 Å². The summed E-state index contributed by atoms with van der Waals surface area (Å²) in [4.78, 5) is 20.9. The first kappa shape index (κ1) is 22.2. The van der Waals surface area contributed by atoms with Crippen LogP contribution in [0.25, 0.3) is 0 Å². The fraction of sp³-hybridized carbons (Fsp3) is 0.636. The van der Waals surface area contributed by atoms with Crippen LogP contribution >= 0.6 is 0 Å². The van der Waals surface area contributed by atoms with Crippen molar-refractivity contribution >= 4 is 17.7 Å². The lowest BCUT2D eigenvalue weighted by atomic mass is 10.1. The highest BCUT2D eigenvalue weighted by Crippen LogP contribution is 2.22. The molecule has 0 bridgehead atoms. The number of nitrogens with zero attached hydrogens (tertiary/aromatic N) is 3. The first-order valence-electron chi connectivity index (χ1n) is 11.1. The maximum Gasteiger partial charge on any atom is 0.409 e. The van der Waals surface area contributed by atoms with Gasteiger partial charge in [-0.25, -0.2) is 9.79 Å². The molecule has 2 aliphatic rings. The predicted octanol–water partition coefficient (Wildman–Crippen LogP) is 2.20. The van der Waals surface area contributed by atoms with Crippen LogP contribution in [0.3, 0.4) is 0 Å². The molecule has 8 nitrogen and oxygen atoms in total. The Morgan fingerprint density at radius 2 is 1.90 bits per heavy atom. The number of anilines is 1.